The summed E-state index contributed by atoms with van der Waals surface area (Å²) >= 11 is 0. The van der Waals surface area contributed by atoms with Crippen LogP contribution in [0.3, 0.4) is 0 Å². The van der Waals surface area contributed by atoms with Crippen LogP contribution in [0.1, 0.15) is 35.3 Å². The minimum absolute atomic E-state index is 0.108. The van der Waals surface area contributed by atoms with Crippen molar-refractivity contribution in [2.45, 2.75) is 43.6 Å². The van der Waals surface area contributed by atoms with Crippen LogP contribution in [0.15, 0.2) is 43.1 Å². The van der Waals surface area contributed by atoms with Crippen LogP contribution in [0.2, 0.25) is 0 Å². The Kier molecular flexibility index (Phi) is 7.92. The number of carboxylic acids is 1. The number of hydrogen-bond acceptors (Lipinski definition) is 7. The summed E-state index contributed by atoms with van der Waals surface area (Å²) in [5.41, 5.74) is 1.41. The van der Waals surface area contributed by atoms with Gasteiger partial charge in [0.2, 0.25) is 0 Å². The van der Waals surface area contributed by atoms with Crippen LogP contribution < -0.4 is 5.32 Å². The second-order valence-electron chi connectivity index (χ2n) is 7.91. The Morgan fingerprint density at radius 2 is 2.00 bits per heavy atom. The van der Waals surface area contributed by atoms with Gasteiger partial charge in [0.25, 0.3) is 5.91 Å². The average molecular weight is 467 g/mol. The third-order valence-corrected chi connectivity index (χ3v) is 5.39. The molecule has 2 aromatic heterocycles. The molecule has 2 atom stereocenters. The molecule has 4 heterocycles. The number of likely N-dealkylation sites (tertiary alicyclic amines) is 1. The van der Waals surface area contributed by atoms with Crippen molar-refractivity contribution in [2.24, 2.45) is 0 Å². The first-order valence-corrected chi connectivity index (χ1v) is 10.3. The molecule has 0 aromatic carbocycles. The van der Waals surface area contributed by atoms with Crippen molar-refractivity contribution in [3.8, 4) is 0 Å². The molecule has 178 valence electrons. The second-order valence-corrected chi connectivity index (χ2v) is 7.91. The first-order valence-electron chi connectivity index (χ1n) is 10.3. The molecule has 0 aliphatic carbocycles. The van der Waals surface area contributed by atoms with E-state index in [1.807, 2.05) is 12.3 Å². The summed E-state index contributed by atoms with van der Waals surface area (Å²) in [4.78, 5) is 35.9. The maximum absolute atomic E-state index is 12.3. The number of halogens is 3. The minimum Gasteiger partial charge on any atom is -0.475 e. The molecule has 1 amide bonds. The van der Waals surface area contributed by atoms with E-state index in [0.717, 1.165) is 38.9 Å². The van der Waals surface area contributed by atoms with Crippen LogP contribution in [0.25, 0.3) is 0 Å². The number of carbonyl (C=O) groups is 2. The van der Waals surface area contributed by atoms with Gasteiger partial charge in [0, 0.05) is 57.1 Å². The molecule has 33 heavy (non-hydrogen) atoms. The van der Waals surface area contributed by atoms with Crippen LogP contribution in [-0.2, 0) is 16.1 Å². The first kappa shape index (κ1) is 24.5. The van der Waals surface area contributed by atoms with Crippen molar-refractivity contribution in [3.05, 3.63) is 54.4 Å². The van der Waals surface area contributed by atoms with Gasteiger partial charge in [0.05, 0.1) is 11.8 Å². The Morgan fingerprint density at radius 1 is 1.24 bits per heavy atom. The number of aliphatic carboxylic acids is 1. The number of amides is 1. The van der Waals surface area contributed by atoms with Crippen LogP contribution in [0.5, 0.6) is 0 Å². The quantitative estimate of drug-likeness (QED) is 0.702. The van der Waals surface area contributed by atoms with Crippen LogP contribution in [-0.4, -0.2) is 74.4 Å². The Balaban J connectivity index is 0.000000383. The molecular formula is C21H24F3N5O4. The number of nitrogens with one attached hydrogen (secondary N) is 1. The zero-order chi connectivity index (χ0) is 23.9. The molecule has 2 N–H and O–H groups in total. The summed E-state index contributed by atoms with van der Waals surface area (Å²) < 4.78 is 37.9. The van der Waals surface area contributed by atoms with Gasteiger partial charge in [0.15, 0.2) is 0 Å². The number of alkyl halides is 3. The van der Waals surface area contributed by atoms with Crippen LogP contribution in [0, 0.1) is 0 Å². The molecular weight excluding hydrogens is 443 g/mol. The number of ether oxygens (including phenoxy) is 1. The highest BCUT2D eigenvalue weighted by molar-refractivity contribution is 5.92. The minimum atomic E-state index is -5.08. The lowest BCUT2D eigenvalue weighted by Gasteiger charge is -2.38. The van der Waals surface area contributed by atoms with Crippen molar-refractivity contribution >= 4 is 11.9 Å². The van der Waals surface area contributed by atoms with Gasteiger partial charge in [-0.1, -0.05) is 6.07 Å². The zero-order valence-electron chi connectivity index (χ0n) is 17.7. The fourth-order valence-electron chi connectivity index (χ4n) is 3.92. The van der Waals surface area contributed by atoms with Gasteiger partial charge >= 0.3 is 12.1 Å². The maximum atomic E-state index is 12.3. The first-order chi connectivity index (χ1) is 15.7. The zero-order valence-corrected chi connectivity index (χ0v) is 17.7. The molecule has 2 aliphatic rings. The third-order valence-electron chi connectivity index (χ3n) is 5.39. The predicted molar refractivity (Wildman–Crippen MR) is 109 cm³/mol. The summed E-state index contributed by atoms with van der Waals surface area (Å²) in [6.07, 6.45) is 5.88. The summed E-state index contributed by atoms with van der Waals surface area (Å²) in [5.74, 6) is -2.92. The number of aromatic nitrogens is 3. The van der Waals surface area contributed by atoms with E-state index in [-0.39, 0.29) is 17.6 Å². The van der Waals surface area contributed by atoms with E-state index in [9.17, 15) is 18.0 Å². The number of pyridine rings is 1. The number of carboxylic acid groups (broad SMARTS) is 1. The Bertz CT molecular complexity index is 933. The predicted octanol–water partition coefficient (Wildman–Crippen LogP) is 2.06. The summed E-state index contributed by atoms with van der Waals surface area (Å²) in [5, 5.41) is 10.2. The summed E-state index contributed by atoms with van der Waals surface area (Å²) in [6.45, 7) is 3.45. The molecule has 1 spiro atoms. The smallest absolute Gasteiger partial charge is 0.475 e. The lowest BCUT2D eigenvalue weighted by atomic mass is 9.89. The van der Waals surface area contributed by atoms with E-state index in [4.69, 9.17) is 14.6 Å². The second kappa shape index (κ2) is 10.7. The number of hydrogen-bond donors (Lipinski definition) is 2. The molecule has 12 heteroatoms. The van der Waals surface area contributed by atoms with Gasteiger partial charge in [0.1, 0.15) is 5.69 Å². The molecule has 2 saturated heterocycles. The molecule has 9 nitrogen and oxygen atoms in total. The molecule has 0 bridgehead atoms. The van der Waals surface area contributed by atoms with Gasteiger partial charge in [-0.25, -0.2) is 9.78 Å². The summed E-state index contributed by atoms with van der Waals surface area (Å²) in [7, 11) is 0. The lowest BCUT2D eigenvalue weighted by molar-refractivity contribution is -0.192. The largest absolute Gasteiger partial charge is 0.490 e. The monoisotopic (exact) mass is 467 g/mol. The molecule has 0 radical (unpaired) electrons. The van der Waals surface area contributed by atoms with Crippen LogP contribution in [0.4, 0.5) is 13.2 Å². The van der Waals surface area contributed by atoms with Crippen molar-refractivity contribution in [2.75, 3.05) is 19.7 Å². The number of rotatable bonds is 4. The third kappa shape index (κ3) is 7.19. The maximum Gasteiger partial charge on any atom is 0.490 e. The molecule has 4 rings (SSSR count). The Hall–Kier alpha value is -3.12. The SMILES string of the molecule is O=C(N[C@H]1CCO[C@]2(CCN(Cc3cccnc3)C2)C1)c1cnccn1.O=C(O)C(F)(F)F. The van der Waals surface area contributed by atoms with Crippen molar-refractivity contribution in [3.63, 3.8) is 0 Å². The normalized spacial score (nSPS) is 22.9. The molecule has 2 aliphatic heterocycles. The standard InChI is InChI=1S/C19H23N5O2.C2HF3O2/c25-18(17-12-21-6-7-22-17)23-16-3-9-26-19(10-16)4-8-24(14-19)13-15-2-1-5-20-11-15;3-2(4,5)1(6)7/h1-2,5-7,11-12,16H,3-4,8-10,13-14H2,(H,23,25);(H,6,7)/t16-,19+;/m0./s1. The Morgan fingerprint density at radius 3 is 2.64 bits per heavy atom. The highest BCUT2D eigenvalue weighted by Crippen LogP contribution is 2.35. The lowest BCUT2D eigenvalue weighted by Crippen LogP contribution is -2.50. The molecule has 2 aromatic rings. The highest BCUT2D eigenvalue weighted by Gasteiger charge is 2.43. The van der Waals surface area contributed by atoms with Crippen molar-refractivity contribution in [1.29, 1.82) is 0 Å². The van der Waals surface area contributed by atoms with Crippen molar-refractivity contribution in [1.82, 2.24) is 25.2 Å². The van der Waals surface area contributed by atoms with E-state index in [2.05, 4.69) is 31.2 Å². The molecule has 2 fully saturated rings. The molecule has 0 saturated carbocycles. The highest BCUT2D eigenvalue weighted by atomic mass is 19.4. The fourth-order valence-corrected chi connectivity index (χ4v) is 3.92. The van der Waals surface area contributed by atoms with Crippen LogP contribution >= 0.6 is 0 Å². The van der Waals surface area contributed by atoms with Gasteiger partial charge < -0.3 is 15.2 Å². The van der Waals surface area contributed by atoms with E-state index in [1.54, 1.807) is 12.4 Å². The topological polar surface area (TPSA) is 118 Å². The van der Waals surface area contributed by atoms with Gasteiger partial charge in [-0.2, -0.15) is 13.2 Å². The summed E-state index contributed by atoms with van der Waals surface area (Å²) in [6, 6.07) is 4.18. The van der Waals surface area contributed by atoms with Crippen molar-refractivity contribution < 1.29 is 32.6 Å². The van der Waals surface area contributed by atoms with E-state index in [0.29, 0.717) is 12.3 Å². The molecule has 0 unspecified atom stereocenters. The fraction of sp³-hybridized carbons (Fsp3) is 0.476. The van der Waals surface area contributed by atoms with E-state index in [1.165, 1.54) is 18.0 Å². The Labute approximate surface area is 188 Å². The van der Waals surface area contributed by atoms with Gasteiger partial charge in [-0.15, -0.1) is 0 Å². The number of carbonyl (C=O) groups excluding carboxylic acids is 1. The average Bonchev–Trinajstić information content (AvgIpc) is 3.16. The van der Waals surface area contributed by atoms with E-state index < -0.39 is 12.1 Å². The van der Waals surface area contributed by atoms with E-state index >= 15 is 0 Å². The number of nitrogens with zero attached hydrogens (tertiary/aromatic N) is 4. The van der Waals surface area contributed by atoms with Gasteiger partial charge in [-0.3, -0.25) is 19.7 Å². The van der Waals surface area contributed by atoms with Gasteiger partial charge in [-0.05, 0) is 30.9 Å².